The van der Waals surface area contributed by atoms with Crippen LogP contribution in [0.25, 0.3) is 11.1 Å². The van der Waals surface area contributed by atoms with Gasteiger partial charge in [0.05, 0.1) is 12.2 Å². The van der Waals surface area contributed by atoms with Gasteiger partial charge in [-0.15, -0.1) is 0 Å². The molecule has 18 heavy (non-hydrogen) atoms. The van der Waals surface area contributed by atoms with Gasteiger partial charge in [0.25, 0.3) is 0 Å². The highest BCUT2D eigenvalue weighted by Gasteiger charge is 2.14. The topological polar surface area (TPSA) is 26.3 Å². The molecule has 0 radical (unpaired) electrons. The van der Waals surface area contributed by atoms with Gasteiger partial charge in [0.2, 0.25) is 0 Å². The van der Waals surface area contributed by atoms with Gasteiger partial charge in [-0.3, -0.25) is 0 Å². The highest BCUT2D eigenvalue weighted by Crippen LogP contribution is 2.30. The van der Waals surface area contributed by atoms with Crippen LogP contribution in [0, 0.1) is 0 Å². The minimum Gasteiger partial charge on any atom is -0.462 e. The van der Waals surface area contributed by atoms with Crippen LogP contribution >= 0.6 is 15.9 Å². The second kappa shape index (κ2) is 5.83. The van der Waals surface area contributed by atoms with Crippen molar-refractivity contribution in [3.05, 3.63) is 58.6 Å². The first kappa shape index (κ1) is 12.8. The van der Waals surface area contributed by atoms with Crippen LogP contribution in [0.3, 0.4) is 0 Å². The summed E-state index contributed by atoms with van der Waals surface area (Å²) in [5.41, 5.74) is 2.45. The Kier molecular flexibility index (Phi) is 4.15. The van der Waals surface area contributed by atoms with E-state index in [2.05, 4.69) is 15.9 Å². The summed E-state index contributed by atoms with van der Waals surface area (Å²) in [6.45, 7) is 2.18. The summed E-state index contributed by atoms with van der Waals surface area (Å²) in [4.78, 5) is 11.9. The molecule has 0 unspecified atom stereocenters. The second-order valence-electron chi connectivity index (χ2n) is 3.75. The number of rotatable bonds is 3. The van der Waals surface area contributed by atoms with Gasteiger partial charge in [0.1, 0.15) is 0 Å². The van der Waals surface area contributed by atoms with Crippen molar-refractivity contribution in [2.24, 2.45) is 0 Å². The van der Waals surface area contributed by atoms with Crippen LogP contribution in [-0.2, 0) is 4.74 Å². The molecule has 0 amide bonds. The monoisotopic (exact) mass is 304 g/mol. The van der Waals surface area contributed by atoms with Crippen LogP contribution in [0.4, 0.5) is 0 Å². The molecule has 0 saturated heterocycles. The molecule has 92 valence electrons. The summed E-state index contributed by atoms with van der Waals surface area (Å²) in [5, 5.41) is 0. The van der Waals surface area contributed by atoms with Gasteiger partial charge >= 0.3 is 5.97 Å². The Morgan fingerprint density at radius 1 is 1.06 bits per heavy atom. The lowest BCUT2D eigenvalue weighted by Gasteiger charge is -2.10. The summed E-state index contributed by atoms with van der Waals surface area (Å²) in [5.74, 6) is -0.288. The largest absolute Gasteiger partial charge is 0.462 e. The van der Waals surface area contributed by atoms with E-state index < -0.39 is 0 Å². The Morgan fingerprint density at radius 3 is 2.33 bits per heavy atom. The van der Waals surface area contributed by atoms with Gasteiger partial charge in [0.15, 0.2) is 0 Å². The van der Waals surface area contributed by atoms with Gasteiger partial charge < -0.3 is 4.74 Å². The molecule has 0 N–H and O–H groups in total. The Bertz CT molecular complexity index is 564. The smallest absolute Gasteiger partial charge is 0.338 e. The molecule has 0 aliphatic rings. The van der Waals surface area contributed by atoms with Crippen LogP contribution in [0.5, 0.6) is 0 Å². The molecule has 0 heterocycles. The molecule has 0 spiro atoms. The Labute approximate surface area is 115 Å². The molecule has 0 fully saturated rings. The normalized spacial score (nSPS) is 10.1. The molecule has 0 bridgehead atoms. The van der Waals surface area contributed by atoms with E-state index in [1.807, 2.05) is 42.5 Å². The van der Waals surface area contributed by atoms with Crippen LogP contribution in [0.15, 0.2) is 53.0 Å². The van der Waals surface area contributed by atoms with E-state index in [9.17, 15) is 4.79 Å². The van der Waals surface area contributed by atoms with Crippen LogP contribution in [0.2, 0.25) is 0 Å². The summed E-state index contributed by atoms with van der Waals surface area (Å²) < 4.78 is 6.04. The van der Waals surface area contributed by atoms with Crippen LogP contribution < -0.4 is 0 Å². The third-order valence-electron chi connectivity index (χ3n) is 2.59. The maximum absolute atomic E-state index is 11.9. The van der Waals surface area contributed by atoms with Crippen molar-refractivity contribution in [3.63, 3.8) is 0 Å². The Balaban J connectivity index is 2.52. The fourth-order valence-electron chi connectivity index (χ4n) is 1.78. The second-order valence-corrected chi connectivity index (χ2v) is 4.60. The predicted molar refractivity (Wildman–Crippen MR) is 75.5 cm³/mol. The van der Waals surface area contributed by atoms with Crippen molar-refractivity contribution in [2.45, 2.75) is 6.92 Å². The minimum atomic E-state index is -0.288. The SMILES string of the molecule is CCOC(=O)c1ccccc1-c1ccccc1Br. The lowest BCUT2D eigenvalue weighted by molar-refractivity contribution is 0.0527. The maximum Gasteiger partial charge on any atom is 0.338 e. The maximum atomic E-state index is 11.9. The molecule has 0 aliphatic heterocycles. The zero-order valence-corrected chi connectivity index (χ0v) is 11.6. The average Bonchev–Trinajstić information content (AvgIpc) is 2.40. The molecule has 0 aliphatic carbocycles. The van der Waals surface area contributed by atoms with E-state index in [1.165, 1.54) is 0 Å². The average molecular weight is 305 g/mol. The van der Waals surface area contributed by atoms with Gasteiger partial charge in [-0.25, -0.2) is 4.79 Å². The van der Waals surface area contributed by atoms with Crippen molar-refractivity contribution < 1.29 is 9.53 Å². The molecular weight excluding hydrogens is 292 g/mol. The summed E-state index contributed by atoms with van der Waals surface area (Å²) >= 11 is 3.50. The number of esters is 1. The summed E-state index contributed by atoms with van der Waals surface area (Å²) in [6, 6.07) is 15.3. The van der Waals surface area contributed by atoms with Gasteiger partial charge in [-0.1, -0.05) is 52.3 Å². The fourth-order valence-corrected chi connectivity index (χ4v) is 2.28. The van der Waals surface area contributed by atoms with Gasteiger partial charge in [-0.05, 0) is 30.2 Å². The standard InChI is InChI=1S/C15H13BrO2/c1-2-18-15(17)13-9-4-3-7-11(13)12-8-5-6-10-14(12)16/h3-10H,2H2,1H3. The number of carbonyl (C=O) groups is 1. The molecule has 3 heteroatoms. The molecule has 2 aromatic rings. The number of halogens is 1. The molecule has 0 saturated carbocycles. The van der Waals surface area contributed by atoms with Crippen molar-refractivity contribution >= 4 is 21.9 Å². The van der Waals surface area contributed by atoms with Gasteiger partial charge in [-0.2, -0.15) is 0 Å². The van der Waals surface area contributed by atoms with E-state index in [4.69, 9.17) is 4.74 Å². The minimum absolute atomic E-state index is 0.288. The highest BCUT2D eigenvalue weighted by molar-refractivity contribution is 9.10. The highest BCUT2D eigenvalue weighted by atomic mass is 79.9. The zero-order valence-electron chi connectivity index (χ0n) is 10.0. The first-order valence-electron chi connectivity index (χ1n) is 5.75. The number of hydrogen-bond acceptors (Lipinski definition) is 2. The number of benzene rings is 2. The third kappa shape index (κ3) is 2.62. The molecule has 2 aromatic carbocycles. The summed E-state index contributed by atoms with van der Waals surface area (Å²) in [6.07, 6.45) is 0. The Hall–Kier alpha value is -1.61. The van der Waals surface area contributed by atoms with Crippen molar-refractivity contribution in [1.29, 1.82) is 0 Å². The van der Waals surface area contributed by atoms with E-state index >= 15 is 0 Å². The number of ether oxygens (including phenoxy) is 1. The number of carbonyl (C=O) groups excluding carboxylic acids is 1. The molecule has 2 nitrogen and oxygen atoms in total. The predicted octanol–water partition coefficient (Wildman–Crippen LogP) is 4.29. The lowest BCUT2D eigenvalue weighted by atomic mass is 10.00. The Morgan fingerprint density at radius 2 is 1.67 bits per heavy atom. The fraction of sp³-hybridized carbons (Fsp3) is 0.133. The first-order valence-corrected chi connectivity index (χ1v) is 6.54. The first-order chi connectivity index (χ1) is 8.74. The third-order valence-corrected chi connectivity index (χ3v) is 3.28. The van der Waals surface area contributed by atoms with E-state index in [-0.39, 0.29) is 5.97 Å². The molecular formula is C15H13BrO2. The van der Waals surface area contributed by atoms with E-state index in [0.29, 0.717) is 12.2 Å². The molecule has 0 aromatic heterocycles. The quantitative estimate of drug-likeness (QED) is 0.791. The van der Waals surface area contributed by atoms with Crippen molar-refractivity contribution in [3.8, 4) is 11.1 Å². The molecule has 0 atom stereocenters. The van der Waals surface area contributed by atoms with E-state index in [0.717, 1.165) is 15.6 Å². The zero-order chi connectivity index (χ0) is 13.0. The lowest BCUT2D eigenvalue weighted by Crippen LogP contribution is -2.06. The van der Waals surface area contributed by atoms with Crippen LogP contribution in [0.1, 0.15) is 17.3 Å². The van der Waals surface area contributed by atoms with Crippen molar-refractivity contribution in [1.82, 2.24) is 0 Å². The van der Waals surface area contributed by atoms with Crippen LogP contribution in [-0.4, -0.2) is 12.6 Å². The van der Waals surface area contributed by atoms with Crippen molar-refractivity contribution in [2.75, 3.05) is 6.61 Å². The van der Waals surface area contributed by atoms with E-state index in [1.54, 1.807) is 13.0 Å². The summed E-state index contributed by atoms with van der Waals surface area (Å²) in [7, 11) is 0. The molecule has 2 rings (SSSR count). The number of hydrogen-bond donors (Lipinski definition) is 0. The van der Waals surface area contributed by atoms with Gasteiger partial charge in [0, 0.05) is 4.47 Å².